The summed E-state index contributed by atoms with van der Waals surface area (Å²) >= 11 is 3.39. The Morgan fingerprint density at radius 1 is 0.972 bits per heavy atom. The number of nitrogens with zero attached hydrogens (tertiary/aromatic N) is 1. The minimum Gasteiger partial charge on any atom is -0.493 e. The van der Waals surface area contributed by atoms with Gasteiger partial charge in [0.05, 0.1) is 26.0 Å². The molecule has 8 nitrogen and oxygen atoms in total. The Hall–Kier alpha value is -4.11. The van der Waals surface area contributed by atoms with Gasteiger partial charge in [0.1, 0.15) is 11.5 Å². The molecule has 0 unspecified atom stereocenters. The van der Waals surface area contributed by atoms with E-state index in [0.717, 1.165) is 10.0 Å². The number of nitrogens with one attached hydrogen (secondary N) is 1. The van der Waals surface area contributed by atoms with Crippen LogP contribution in [-0.4, -0.2) is 38.9 Å². The number of esters is 1. The number of hydrogen-bond donors (Lipinski definition) is 1. The summed E-state index contributed by atoms with van der Waals surface area (Å²) in [5.41, 5.74) is 4.09. The molecule has 0 saturated carbocycles. The van der Waals surface area contributed by atoms with E-state index in [1.54, 1.807) is 42.5 Å². The number of hydrazone groups is 1. The molecule has 1 N–H and O–H groups in total. The molecule has 3 rings (SSSR count). The molecule has 9 heteroatoms. The van der Waals surface area contributed by atoms with Crippen molar-refractivity contribution in [1.82, 2.24) is 5.43 Å². The van der Waals surface area contributed by atoms with Gasteiger partial charge in [-0.3, -0.25) is 4.79 Å². The van der Waals surface area contributed by atoms with Crippen LogP contribution in [0.15, 0.2) is 82.9 Å². The lowest BCUT2D eigenvalue weighted by atomic mass is 10.1. The number of halogens is 1. The van der Waals surface area contributed by atoms with Gasteiger partial charge in [0.15, 0.2) is 18.1 Å². The second-order valence-electron chi connectivity index (χ2n) is 7.32. The topological polar surface area (TPSA) is 95.5 Å². The molecule has 0 aliphatic carbocycles. The Balaban J connectivity index is 1.65. The van der Waals surface area contributed by atoms with Crippen molar-refractivity contribution in [3.63, 3.8) is 0 Å². The largest absolute Gasteiger partial charge is 0.493 e. The van der Waals surface area contributed by atoms with Crippen LogP contribution in [0.3, 0.4) is 0 Å². The fraction of sp³-hybridized carbons (Fsp3) is 0.148. The molecule has 0 bridgehead atoms. The first-order chi connectivity index (χ1) is 17.4. The van der Waals surface area contributed by atoms with Crippen molar-refractivity contribution in [3.05, 3.63) is 94.5 Å². The predicted molar refractivity (Wildman–Crippen MR) is 140 cm³/mol. The first kappa shape index (κ1) is 26.5. The van der Waals surface area contributed by atoms with Crippen LogP contribution in [0.2, 0.25) is 0 Å². The lowest BCUT2D eigenvalue weighted by Crippen LogP contribution is -2.24. The number of allylic oxidation sites excluding steroid dienone is 1. The highest BCUT2D eigenvalue weighted by molar-refractivity contribution is 9.10. The van der Waals surface area contributed by atoms with Crippen molar-refractivity contribution in [2.45, 2.75) is 6.42 Å². The fourth-order valence-corrected chi connectivity index (χ4v) is 3.53. The summed E-state index contributed by atoms with van der Waals surface area (Å²) in [6.07, 6.45) is 3.77. The molecule has 0 saturated heterocycles. The molecular formula is C27H25BrN2O6. The Bertz CT molecular complexity index is 1270. The van der Waals surface area contributed by atoms with Crippen molar-refractivity contribution in [2.75, 3.05) is 20.8 Å². The third kappa shape index (κ3) is 7.19. The third-order valence-corrected chi connectivity index (χ3v) is 5.38. The summed E-state index contributed by atoms with van der Waals surface area (Å²) in [5, 5.41) is 3.98. The first-order valence-corrected chi connectivity index (χ1v) is 11.6. The Morgan fingerprint density at radius 2 is 1.72 bits per heavy atom. The van der Waals surface area contributed by atoms with Gasteiger partial charge in [-0.2, -0.15) is 5.10 Å². The highest BCUT2D eigenvalue weighted by atomic mass is 79.9. The molecular weight excluding hydrogens is 528 g/mol. The summed E-state index contributed by atoms with van der Waals surface area (Å²) in [5.74, 6) is 0.719. The number of ether oxygens (including phenoxy) is 4. The molecule has 0 spiro atoms. The third-order valence-electron chi connectivity index (χ3n) is 4.88. The van der Waals surface area contributed by atoms with Gasteiger partial charge in [-0.25, -0.2) is 10.2 Å². The maximum atomic E-state index is 12.7. The Labute approximate surface area is 217 Å². The van der Waals surface area contributed by atoms with E-state index in [-0.39, 0.29) is 17.9 Å². The van der Waals surface area contributed by atoms with Crippen LogP contribution in [0.4, 0.5) is 0 Å². The number of para-hydroxylation sites is 1. The first-order valence-electron chi connectivity index (χ1n) is 10.8. The fourth-order valence-electron chi connectivity index (χ4n) is 3.15. The van der Waals surface area contributed by atoms with E-state index < -0.39 is 11.9 Å². The summed E-state index contributed by atoms with van der Waals surface area (Å²) in [4.78, 5) is 24.9. The average molecular weight is 553 g/mol. The minimum absolute atomic E-state index is 0.217. The molecule has 0 aromatic heterocycles. The molecule has 36 heavy (non-hydrogen) atoms. The van der Waals surface area contributed by atoms with Crippen LogP contribution in [0, 0.1) is 0 Å². The second kappa shape index (κ2) is 13.1. The van der Waals surface area contributed by atoms with Gasteiger partial charge in [-0.1, -0.05) is 40.2 Å². The van der Waals surface area contributed by atoms with E-state index in [1.807, 2.05) is 18.2 Å². The zero-order chi connectivity index (χ0) is 25.9. The molecule has 0 heterocycles. The maximum Gasteiger partial charge on any atom is 0.343 e. The number of rotatable bonds is 11. The zero-order valence-corrected chi connectivity index (χ0v) is 21.4. The summed E-state index contributed by atoms with van der Waals surface area (Å²) in [6, 6.07) is 17.2. The van der Waals surface area contributed by atoms with Crippen LogP contribution < -0.4 is 24.4 Å². The van der Waals surface area contributed by atoms with Crippen molar-refractivity contribution in [2.24, 2.45) is 5.10 Å². The molecule has 0 fully saturated rings. The van der Waals surface area contributed by atoms with Gasteiger partial charge in [-0.05, 0) is 54.4 Å². The molecule has 0 aliphatic heterocycles. The van der Waals surface area contributed by atoms with Crippen molar-refractivity contribution in [1.29, 1.82) is 0 Å². The van der Waals surface area contributed by atoms with E-state index in [9.17, 15) is 9.59 Å². The van der Waals surface area contributed by atoms with E-state index in [1.165, 1.54) is 26.5 Å². The van der Waals surface area contributed by atoms with E-state index in [4.69, 9.17) is 18.9 Å². The number of benzene rings is 3. The molecule has 3 aromatic carbocycles. The highest BCUT2D eigenvalue weighted by Crippen LogP contribution is 2.29. The van der Waals surface area contributed by atoms with Gasteiger partial charge in [-0.15, -0.1) is 6.58 Å². The van der Waals surface area contributed by atoms with Gasteiger partial charge in [0, 0.05) is 10.0 Å². The van der Waals surface area contributed by atoms with Crippen molar-refractivity contribution >= 4 is 34.0 Å². The molecule has 1 amide bonds. The van der Waals surface area contributed by atoms with E-state index >= 15 is 0 Å². The number of carbonyl (C=O) groups excluding carboxylic acids is 2. The van der Waals surface area contributed by atoms with Crippen LogP contribution in [-0.2, 0) is 11.2 Å². The number of hydrogen-bond acceptors (Lipinski definition) is 7. The normalized spacial score (nSPS) is 10.5. The molecule has 0 atom stereocenters. The summed E-state index contributed by atoms with van der Waals surface area (Å²) < 4.78 is 22.4. The minimum atomic E-state index is -0.594. The van der Waals surface area contributed by atoms with E-state index in [0.29, 0.717) is 29.2 Å². The lowest BCUT2D eigenvalue weighted by Gasteiger charge is -2.11. The number of amides is 1. The molecule has 0 radical (unpaired) electrons. The predicted octanol–water partition coefficient (Wildman–Crippen LogP) is 4.94. The van der Waals surface area contributed by atoms with Crippen LogP contribution >= 0.6 is 15.9 Å². The highest BCUT2D eigenvalue weighted by Gasteiger charge is 2.15. The van der Waals surface area contributed by atoms with Crippen LogP contribution in [0.1, 0.15) is 21.5 Å². The summed E-state index contributed by atoms with van der Waals surface area (Å²) in [7, 11) is 2.99. The molecule has 186 valence electrons. The van der Waals surface area contributed by atoms with Gasteiger partial charge in [0.25, 0.3) is 5.91 Å². The molecule has 0 aliphatic rings. The van der Waals surface area contributed by atoms with Crippen LogP contribution in [0.25, 0.3) is 0 Å². The summed E-state index contributed by atoms with van der Waals surface area (Å²) in [6.45, 7) is 3.51. The number of carbonyl (C=O) groups is 2. The van der Waals surface area contributed by atoms with Crippen LogP contribution in [0.5, 0.6) is 23.0 Å². The smallest absolute Gasteiger partial charge is 0.343 e. The van der Waals surface area contributed by atoms with Crippen molar-refractivity contribution < 1.29 is 28.5 Å². The Kier molecular flexibility index (Phi) is 9.64. The van der Waals surface area contributed by atoms with E-state index in [2.05, 4.69) is 33.0 Å². The Morgan fingerprint density at radius 3 is 2.47 bits per heavy atom. The zero-order valence-electron chi connectivity index (χ0n) is 19.8. The maximum absolute atomic E-state index is 12.7. The standard InChI is InChI=1S/C27H25BrN2O6/c1-4-7-18-8-5-6-9-22(18)35-17-26(31)30-29-16-20-14-21(28)11-13-23(20)36-27(32)19-10-12-24(33-2)25(15-19)34-3/h4-6,8-16H,1,7,17H2,2-3H3,(H,30,31)/b29-16-. The number of methoxy groups -OCH3 is 2. The quantitative estimate of drug-likeness (QED) is 0.119. The van der Waals surface area contributed by atoms with Gasteiger partial charge < -0.3 is 18.9 Å². The monoisotopic (exact) mass is 552 g/mol. The van der Waals surface area contributed by atoms with Gasteiger partial charge >= 0.3 is 5.97 Å². The van der Waals surface area contributed by atoms with Gasteiger partial charge in [0.2, 0.25) is 0 Å². The SMILES string of the molecule is C=CCc1ccccc1OCC(=O)N/N=C\c1cc(Br)ccc1OC(=O)c1ccc(OC)c(OC)c1. The lowest BCUT2D eigenvalue weighted by molar-refractivity contribution is -0.123. The second-order valence-corrected chi connectivity index (χ2v) is 8.24. The average Bonchev–Trinajstić information content (AvgIpc) is 2.89. The molecule has 3 aromatic rings. The van der Waals surface area contributed by atoms with Crippen molar-refractivity contribution in [3.8, 4) is 23.0 Å².